The van der Waals surface area contributed by atoms with Gasteiger partial charge in [-0.2, -0.15) is 0 Å². The Kier molecular flexibility index (Phi) is 5.51. The number of carbonyl (C=O) groups is 1. The molecule has 0 radical (unpaired) electrons. The Morgan fingerprint density at radius 1 is 1.19 bits per heavy atom. The Labute approximate surface area is 158 Å². The second kappa shape index (κ2) is 8.18. The number of thiazole rings is 1. The van der Waals surface area contributed by atoms with E-state index in [-0.39, 0.29) is 5.91 Å². The second-order valence-corrected chi connectivity index (χ2v) is 7.88. The zero-order valence-corrected chi connectivity index (χ0v) is 15.8. The summed E-state index contributed by atoms with van der Waals surface area (Å²) in [4.78, 5) is 19.1. The fourth-order valence-corrected chi connectivity index (χ4v) is 4.63. The highest BCUT2D eigenvalue weighted by molar-refractivity contribution is 7.09. The predicted molar refractivity (Wildman–Crippen MR) is 104 cm³/mol. The molecule has 1 amide bonds. The van der Waals surface area contributed by atoms with E-state index >= 15 is 0 Å². The minimum absolute atomic E-state index is 0.0838. The molecule has 1 aromatic heterocycles. The molecular formula is C20H25N3O2S. The molecule has 1 aromatic carbocycles. The van der Waals surface area contributed by atoms with E-state index < -0.39 is 0 Å². The third-order valence-corrected chi connectivity index (χ3v) is 6.23. The number of benzene rings is 1. The lowest BCUT2D eigenvalue weighted by Crippen LogP contribution is -2.40. The maximum absolute atomic E-state index is 12.5. The Bertz CT molecular complexity index is 732. The van der Waals surface area contributed by atoms with Gasteiger partial charge >= 0.3 is 0 Å². The Morgan fingerprint density at radius 2 is 1.92 bits per heavy atom. The van der Waals surface area contributed by atoms with Gasteiger partial charge in [-0.3, -0.25) is 4.79 Å². The Hall–Kier alpha value is -1.92. The van der Waals surface area contributed by atoms with E-state index in [4.69, 9.17) is 9.72 Å². The van der Waals surface area contributed by atoms with Crippen LogP contribution in [0, 0.1) is 0 Å². The first-order valence-corrected chi connectivity index (χ1v) is 10.3. The topological polar surface area (TPSA) is 54.5 Å². The zero-order valence-electron chi connectivity index (χ0n) is 14.9. The number of anilines is 1. The molecule has 0 spiro atoms. The molecular weight excluding hydrogens is 346 g/mol. The number of rotatable bonds is 5. The predicted octanol–water partition coefficient (Wildman–Crippen LogP) is 3.89. The monoisotopic (exact) mass is 371 g/mol. The van der Waals surface area contributed by atoms with Crippen LogP contribution in [0.4, 0.5) is 5.69 Å². The second-order valence-electron chi connectivity index (χ2n) is 6.99. The smallest absolute Gasteiger partial charge is 0.254 e. The van der Waals surface area contributed by atoms with Gasteiger partial charge in [-0.1, -0.05) is 12.8 Å². The van der Waals surface area contributed by atoms with Crippen molar-refractivity contribution >= 4 is 22.9 Å². The molecule has 2 aliphatic rings. The molecule has 1 aliphatic carbocycles. The first kappa shape index (κ1) is 17.5. The van der Waals surface area contributed by atoms with Gasteiger partial charge in [0, 0.05) is 35.6 Å². The van der Waals surface area contributed by atoms with Gasteiger partial charge in [0.05, 0.1) is 30.5 Å². The SMILES string of the molecule is O=C(c1ccc(NCc2csc(C3CCCC3)n2)cc1)N1CCOCC1. The van der Waals surface area contributed by atoms with Gasteiger partial charge in [-0.15, -0.1) is 11.3 Å². The number of amides is 1. The molecule has 1 N–H and O–H groups in total. The summed E-state index contributed by atoms with van der Waals surface area (Å²) in [6.07, 6.45) is 5.26. The van der Waals surface area contributed by atoms with Gasteiger partial charge < -0.3 is 15.0 Å². The summed E-state index contributed by atoms with van der Waals surface area (Å²) in [5.41, 5.74) is 2.85. The third-order valence-electron chi connectivity index (χ3n) is 5.18. The molecule has 1 saturated heterocycles. The van der Waals surface area contributed by atoms with Crippen LogP contribution in [0.15, 0.2) is 29.6 Å². The van der Waals surface area contributed by atoms with Gasteiger partial charge in [0.2, 0.25) is 0 Å². The van der Waals surface area contributed by atoms with Gasteiger partial charge in [0.25, 0.3) is 5.91 Å². The van der Waals surface area contributed by atoms with Crippen LogP contribution in [-0.2, 0) is 11.3 Å². The van der Waals surface area contributed by atoms with Crippen molar-refractivity contribution in [3.63, 3.8) is 0 Å². The maximum Gasteiger partial charge on any atom is 0.254 e. The van der Waals surface area contributed by atoms with E-state index in [1.807, 2.05) is 29.2 Å². The standard InChI is InChI=1S/C20H25N3O2S/c24-20(23-9-11-25-12-10-23)16-5-7-17(8-6-16)21-13-18-14-26-19(22-18)15-3-1-2-4-15/h5-8,14-15,21H,1-4,9-13H2. The summed E-state index contributed by atoms with van der Waals surface area (Å²) in [6, 6.07) is 7.73. The lowest BCUT2D eigenvalue weighted by atomic mass is 10.1. The molecule has 5 nitrogen and oxygen atoms in total. The molecule has 1 aliphatic heterocycles. The molecule has 2 aromatic rings. The highest BCUT2D eigenvalue weighted by atomic mass is 32.1. The summed E-state index contributed by atoms with van der Waals surface area (Å²) in [6.45, 7) is 3.32. The van der Waals surface area contributed by atoms with E-state index in [2.05, 4.69) is 10.7 Å². The van der Waals surface area contributed by atoms with Crippen molar-refractivity contribution < 1.29 is 9.53 Å². The third kappa shape index (κ3) is 4.07. The van der Waals surface area contributed by atoms with Crippen LogP contribution in [0.2, 0.25) is 0 Å². The highest BCUT2D eigenvalue weighted by Gasteiger charge is 2.20. The highest BCUT2D eigenvalue weighted by Crippen LogP contribution is 2.35. The number of morpholine rings is 1. The average Bonchev–Trinajstić information content (AvgIpc) is 3.38. The van der Waals surface area contributed by atoms with Crippen LogP contribution in [-0.4, -0.2) is 42.1 Å². The van der Waals surface area contributed by atoms with Crippen LogP contribution < -0.4 is 5.32 Å². The molecule has 2 fully saturated rings. The molecule has 0 bridgehead atoms. The lowest BCUT2D eigenvalue weighted by molar-refractivity contribution is 0.0303. The van der Waals surface area contributed by atoms with Crippen molar-refractivity contribution in [2.24, 2.45) is 0 Å². The van der Waals surface area contributed by atoms with Crippen molar-refractivity contribution in [2.45, 2.75) is 38.1 Å². The molecule has 26 heavy (non-hydrogen) atoms. The first-order valence-electron chi connectivity index (χ1n) is 9.45. The van der Waals surface area contributed by atoms with E-state index in [0.717, 1.165) is 23.5 Å². The molecule has 0 atom stereocenters. The Balaban J connectivity index is 1.32. The van der Waals surface area contributed by atoms with Gasteiger partial charge in [0.15, 0.2) is 0 Å². The van der Waals surface area contributed by atoms with Crippen LogP contribution in [0.5, 0.6) is 0 Å². The molecule has 4 rings (SSSR count). The summed E-state index contributed by atoms with van der Waals surface area (Å²) in [5.74, 6) is 0.764. The Morgan fingerprint density at radius 3 is 2.65 bits per heavy atom. The van der Waals surface area contributed by atoms with Crippen molar-refractivity contribution in [1.82, 2.24) is 9.88 Å². The van der Waals surface area contributed by atoms with Crippen molar-refractivity contribution in [2.75, 3.05) is 31.6 Å². The number of ether oxygens (including phenoxy) is 1. The normalized spacial score (nSPS) is 18.2. The molecule has 2 heterocycles. The van der Waals surface area contributed by atoms with E-state index in [0.29, 0.717) is 32.2 Å². The summed E-state index contributed by atoms with van der Waals surface area (Å²) in [5, 5.41) is 6.87. The van der Waals surface area contributed by atoms with E-state index in [9.17, 15) is 4.79 Å². The number of aromatic nitrogens is 1. The van der Waals surface area contributed by atoms with E-state index in [1.165, 1.54) is 30.7 Å². The van der Waals surface area contributed by atoms with Crippen molar-refractivity contribution in [3.05, 3.63) is 45.9 Å². The molecule has 0 unspecified atom stereocenters. The first-order chi connectivity index (χ1) is 12.8. The van der Waals surface area contributed by atoms with Crippen LogP contribution in [0.3, 0.4) is 0 Å². The number of nitrogens with zero attached hydrogens (tertiary/aromatic N) is 2. The lowest BCUT2D eigenvalue weighted by Gasteiger charge is -2.26. The average molecular weight is 372 g/mol. The quantitative estimate of drug-likeness (QED) is 0.866. The number of hydrogen-bond donors (Lipinski definition) is 1. The fraction of sp³-hybridized carbons (Fsp3) is 0.500. The molecule has 6 heteroatoms. The van der Waals surface area contributed by atoms with Crippen LogP contribution in [0.1, 0.15) is 52.7 Å². The fourth-order valence-electron chi connectivity index (χ4n) is 3.64. The van der Waals surface area contributed by atoms with Gasteiger partial charge in [-0.05, 0) is 37.1 Å². The minimum atomic E-state index is 0.0838. The van der Waals surface area contributed by atoms with Crippen molar-refractivity contribution in [1.29, 1.82) is 0 Å². The van der Waals surface area contributed by atoms with Crippen molar-refractivity contribution in [3.8, 4) is 0 Å². The van der Waals surface area contributed by atoms with Gasteiger partial charge in [0.1, 0.15) is 0 Å². The maximum atomic E-state index is 12.5. The number of carbonyl (C=O) groups excluding carboxylic acids is 1. The number of nitrogens with one attached hydrogen (secondary N) is 1. The van der Waals surface area contributed by atoms with E-state index in [1.54, 1.807) is 11.3 Å². The molecule has 1 saturated carbocycles. The summed E-state index contributed by atoms with van der Waals surface area (Å²) < 4.78 is 5.30. The number of hydrogen-bond acceptors (Lipinski definition) is 5. The molecule has 138 valence electrons. The minimum Gasteiger partial charge on any atom is -0.379 e. The zero-order chi connectivity index (χ0) is 17.8. The van der Waals surface area contributed by atoms with Crippen LogP contribution in [0.25, 0.3) is 0 Å². The summed E-state index contributed by atoms with van der Waals surface area (Å²) >= 11 is 1.79. The van der Waals surface area contributed by atoms with Gasteiger partial charge in [-0.25, -0.2) is 4.98 Å². The van der Waals surface area contributed by atoms with Crippen LogP contribution >= 0.6 is 11.3 Å². The largest absolute Gasteiger partial charge is 0.379 e. The summed E-state index contributed by atoms with van der Waals surface area (Å²) in [7, 11) is 0.